The van der Waals surface area contributed by atoms with Gasteiger partial charge in [-0.2, -0.15) is 5.10 Å². The van der Waals surface area contributed by atoms with Crippen LogP contribution in [0.1, 0.15) is 0 Å². The van der Waals surface area contributed by atoms with Crippen LogP contribution < -0.4 is 4.90 Å². The summed E-state index contributed by atoms with van der Waals surface area (Å²) in [7, 11) is 0. The molecule has 1 saturated heterocycles. The standard InChI is InChI=1S/C13H12BrN5S/c14-10-3-16-19(8-10)7-9-5-18(6-9)13-17-11-4-15-2-1-12(11)20-13/h1-4,8-9H,5-7H2. The Kier molecular flexibility index (Phi) is 2.96. The van der Waals surface area contributed by atoms with Crippen LogP contribution in [0, 0.1) is 5.92 Å². The predicted octanol–water partition coefficient (Wildman–Crippen LogP) is 2.79. The summed E-state index contributed by atoms with van der Waals surface area (Å²) in [5.74, 6) is 0.645. The lowest BCUT2D eigenvalue weighted by molar-refractivity contribution is 0.342. The number of hydrogen-bond acceptors (Lipinski definition) is 5. The maximum absolute atomic E-state index is 4.63. The molecule has 0 radical (unpaired) electrons. The summed E-state index contributed by atoms with van der Waals surface area (Å²) >= 11 is 5.16. The Morgan fingerprint density at radius 1 is 1.35 bits per heavy atom. The number of hydrogen-bond donors (Lipinski definition) is 0. The van der Waals surface area contributed by atoms with Crippen LogP contribution in [0.4, 0.5) is 5.13 Å². The van der Waals surface area contributed by atoms with E-state index in [1.807, 2.05) is 35.5 Å². The van der Waals surface area contributed by atoms with Gasteiger partial charge < -0.3 is 4.90 Å². The smallest absolute Gasteiger partial charge is 0.186 e. The highest BCUT2D eigenvalue weighted by Gasteiger charge is 2.29. The Morgan fingerprint density at radius 2 is 2.25 bits per heavy atom. The van der Waals surface area contributed by atoms with Crippen LogP contribution in [0.25, 0.3) is 10.2 Å². The second-order valence-corrected chi connectivity index (χ2v) is 6.92. The molecule has 0 unspecified atom stereocenters. The molecule has 0 bridgehead atoms. The second-order valence-electron chi connectivity index (χ2n) is 4.99. The van der Waals surface area contributed by atoms with Gasteiger partial charge in [0.05, 0.1) is 21.6 Å². The molecule has 3 aromatic heterocycles. The largest absolute Gasteiger partial charge is 0.347 e. The van der Waals surface area contributed by atoms with Crippen molar-refractivity contribution in [3.63, 3.8) is 0 Å². The first-order valence-electron chi connectivity index (χ1n) is 6.41. The molecule has 0 amide bonds. The fourth-order valence-electron chi connectivity index (χ4n) is 2.45. The first-order chi connectivity index (χ1) is 9.78. The van der Waals surface area contributed by atoms with Gasteiger partial charge in [0.15, 0.2) is 5.13 Å². The van der Waals surface area contributed by atoms with Gasteiger partial charge >= 0.3 is 0 Å². The number of aromatic nitrogens is 4. The highest BCUT2D eigenvalue weighted by Crippen LogP contribution is 2.32. The van der Waals surface area contributed by atoms with E-state index in [-0.39, 0.29) is 0 Å². The van der Waals surface area contributed by atoms with E-state index in [9.17, 15) is 0 Å². The monoisotopic (exact) mass is 349 g/mol. The third-order valence-corrected chi connectivity index (χ3v) is 4.96. The zero-order chi connectivity index (χ0) is 13.5. The molecule has 0 aromatic carbocycles. The maximum Gasteiger partial charge on any atom is 0.186 e. The van der Waals surface area contributed by atoms with Gasteiger partial charge in [0, 0.05) is 37.9 Å². The highest BCUT2D eigenvalue weighted by molar-refractivity contribution is 9.10. The number of nitrogens with zero attached hydrogens (tertiary/aromatic N) is 5. The van der Waals surface area contributed by atoms with Crippen molar-refractivity contribution in [2.24, 2.45) is 5.92 Å². The molecule has 1 aliphatic rings. The lowest BCUT2D eigenvalue weighted by Gasteiger charge is -2.39. The molecule has 0 saturated carbocycles. The summed E-state index contributed by atoms with van der Waals surface area (Å²) in [5, 5.41) is 5.40. The van der Waals surface area contributed by atoms with Crippen LogP contribution in [-0.4, -0.2) is 32.8 Å². The van der Waals surface area contributed by atoms with Crippen LogP contribution in [0.2, 0.25) is 0 Å². The Morgan fingerprint density at radius 3 is 3.00 bits per heavy atom. The van der Waals surface area contributed by atoms with Crippen LogP contribution in [0.5, 0.6) is 0 Å². The topological polar surface area (TPSA) is 46.8 Å². The molecular weight excluding hydrogens is 338 g/mol. The maximum atomic E-state index is 4.63. The highest BCUT2D eigenvalue weighted by atomic mass is 79.9. The average Bonchev–Trinajstić information content (AvgIpc) is 2.98. The van der Waals surface area contributed by atoms with Crippen LogP contribution in [0.3, 0.4) is 0 Å². The molecule has 1 aliphatic heterocycles. The molecular formula is C13H12BrN5S. The normalized spacial score (nSPS) is 15.8. The number of halogens is 1. The Hall–Kier alpha value is -1.47. The summed E-state index contributed by atoms with van der Waals surface area (Å²) < 4.78 is 4.23. The summed E-state index contributed by atoms with van der Waals surface area (Å²) in [6, 6.07) is 2.02. The van der Waals surface area contributed by atoms with E-state index in [1.165, 1.54) is 4.70 Å². The van der Waals surface area contributed by atoms with E-state index in [0.717, 1.165) is 34.8 Å². The minimum absolute atomic E-state index is 0.645. The van der Waals surface area contributed by atoms with Crippen LogP contribution in [-0.2, 0) is 6.54 Å². The number of fused-ring (bicyclic) bond motifs is 1. The molecule has 0 spiro atoms. The zero-order valence-corrected chi connectivity index (χ0v) is 13.0. The summed E-state index contributed by atoms with van der Waals surface area (Å²) in [6.45, 7) is 3.06. The lowest BCUT2D eigenvalue weighted by atomic mass is 10.0. The van der Waals surface area contributed by atoms with E-state index in [2.05, 4.69) is 35.9 Å². The molecule has 7 heteroatoms. The molecule has 3 aromatic rings. The summed E-state index contributed by atoms with van der Waals surface area (Å²) in [5.41, 5.74) is 0.993. The lowest BCUT2D eigenvalue weighted by Crippen LogP contribution is -2.48. The van der Waals surface area contributed by atoms with Crippen molar-refractivity contribution >= 4 is 42.6 Å². The quantitative estimate of drug-likeness (QED) is 0.729. The molecule has 102 valence electrons. The zero-order valence-electron chi connectivity index (χ0n) is 10.6. The van der Waals surface area contributed by atoms with Gasteiger partial charge in [-0.05, 0) is 22.0 Å². The molecule has 0 atom stereocenters. The first kappa shape index (κ1) is 12.3. The van der Waals surface area contributed by atoms with Gasteiger partial charge in [-0.3, -0.25) is 9.67 Å². The van der Waals surface area contributed by atoms with Crippen molar-refractivity contribution in [2.75, 3.05) is 18.0 Å². The molecule has 0 N–H and O–H groups in total. The minimum atomic E-state index is 0.645. The fourth-order valence-corrected chi connectivity index (χ4v) is 3.73. The average molecular weight is 350 g/mol. The fraction of sp³-hybridized carbons (Fsp3) is 0.308. The second kappa shape index (κ2) is 4.82. The van der Waals surface area contributed by atoms with Gasteiger partial charge in [0.1, 0.15) is 5.52 Å². The summed E-state index contributed by atoms with van der Waals surface area (Å²) in [6.07, 6.45) is 7.50. The third-order valence-electron chi connectivity index (χ3n) is 3.45. The third kappa shape index (κ3) is 2.20. The molecule has 5 nitrogen and oxygen atoms in total. The van der Waals surface area contributed by atoms with Crippen molar-refractivity contribution in [3.8, 4) is 0 Å². The van der Waals surface area contributed by atoms with Gasteiger partial charge in [-0.25, -0.2) is 4.98 Å². The number of pyridine rings is 1. The van der Waals surface area contributed by atoms with Crippen molar-refractivity contribution < 1.29 is 0 Å². The summed E-state index contributed by atoms with van der Waals surface area (Å²) in [4.78, 5) is 11.1. The Balaban J connectivity index is 1.43. The SMILES string of the molecule is Brc1cnn(CC2CN(c3nc4cnccc4s3)C2)c1. The Labute approximate surface area is 128 Å². The Bertz CT molecular complexity index is 713. The number of rotatable bonds is 3. The molecule has 1 fully saturated rings. The van der Waals surface area contributed by atoms with E-state index in [4.69, 9.17) is 0 Å². The minimum Gasteiger partial charge on any atom is -0.347 e. The van der Waals surface area contributed by atoms with Crippen molar-refractivity contribution in [3.05, 3.63) is 35.3 Å². The van der Waals surface area contributed by atoms with E-state index in [0.29, 0.717) is 5.92 Å². The van der Waals surface area contributed by atoms with Gasteiger partial charge in [-0.1, -0.05) is 11.3 Å². The van der Waals surface area contributed by atoms with Crippen molar-refractivity contribution in [2.45, 2.75) is 6.54 Å². The van der Waals surface area contributed by atoms with Gasteiger partial charge in [0.25, 0.3) is 0 Å². The molecule has 4 rings (SSSR count). The van der Waals surface area contributed by atoms with E-state index in [1.54, 1.807) is 11.3 Å². The van der Waals surface area contributed by atoms with Crippen LogP contribution in [0.15, 0.2) is 35.3 Å². The van der Waals surface area contributed by atoms with Crippen LogP contribution >= 0.6 is 27.3 Å². The van der Waals surface area contributed by atoms with Crippen molar-refractivity contribution in [1.29, 1.82) is 0 Å². The molecule has 0 aliphatic carbocycles. The molecule has 4 heterocycles. The predicted molar refractivity (Wildman–Crippen MR) is 83.0 cm³/mol. The van der Waals surface area contributed by atoms with Crippen molar-refractivity contribution in [1.82, 2.24) is 19.7 Å². The van der Waals surface area contributed by atoms with E-state index >= 15 is 0 Å². The number of thiazole rings is 1. The van der Waals surface area contributed by atoms with Gasteiger partial charge in [-0.15, -0.1) is 0 Å². The van der Waals surface area contributed by atoms with Gasteiger partial charge in [0.2, 0.25) is 0 Å². The first-order valence-corrected chi connectivity index (χ1v) is 8.02. The van der Waals surface area contributed by atoms with E-state index < -0.39 is 0 Å². The number of anilines is 1. The molecule has 20 heavy (non-hydrogen) atoms.